The molecule has 0 aromatic heterocycles. The van der Waals surface area contributed by atoms with Gasteiger partial charge in [-0.2, -0.15) is 4.31 Å². The highest BCUT2D eigenvalue weighted by molar-refractivity contribution is 7.90. The fourth-order valence-corrected chi connectivity index (χ4v) is 13.1. The van der Waals surface area contributed by atoms with Gasteiger partial charge >= 0.3 is 0 Å². The van der Waals surface area contributed by atoms with Gasteiger partial charge in [-0.15, -0.1) is 0 Å². The summed E-state index contributed by atoms with van der Waals surface area (Å²) in [6.45, 7) is 13.3. The van der Waals surface area contributed by atoms with E-state index in [1.165, 1.54) is 17.4 Å². The Balaban J connectivity index is 1.15. The summed E-state index contributed by atoms with van der Waals surface area (Å²) >= 11 is 6.51. The van der Waals surface area contributed by atoms with Crippen LogP contribution in [-0.2, 0) is 31.9 Å². The van der Waals surface area contributed by atoms with E-state index in [2.05, 4.69) is 50.6 Å². The van der Waals surface area contributed by atoms with E-state index in [9.17, 15) is 21.6 Å². The van der Waals surface area contributed by atoms with E-state index >= 15 is 0 Å². The molecule has 306 valence electrons. The number of fused-ring (bicyclic) bond motifs is 5. The van der Waals surface area contributed by atoms with Crippen molar-refractivity contribution in [1.82, 2.24) is 18.8 Å². The van der Waals surface area contributed by atoms with Crippen molar-refractivity contribution in [2.45, 2.75) is 76.0 Å². The average molecular weight is 829 g/mol. The zero-order valence-electron chi connectivity index (χ0n) is 33.3. The van der Waals surface area contributed by atoms with Crippen LogP contribution < -0.4 is 14.4 Å². The molecule has 6 aliphatic rings. The topological polar surface area (TPSA) is 120 Å². The summed E-state index contributed by atoms with van der Waals surface area (Å²) < 4.78 is 63.1. The molecule has 1 saturated carbocycles. The Hall–Kier alpha value is -2.68. The van der Waals surface area contributed by atoms with Crippen molar-refractivity contribution in [2.75, 3.05) is 76.7 Å². The maximum atomic E-state index is 13.7. The molecule has 2 aromatic rings. The lowest BCUT2D eigenvalue weighted by Crippen LogP contribution is -2.63. The molecular formula is C42H58ClN5O6S2. The van der Waals surface area contributed by atoms with Crippen LogP contribution >= 0.6 is 11.6 Å². The van der Waals surface area contributed by atoms with Gasteiger partial charge in [0, 0.05) is 86.4 Å². The third-order valence-corrected chi connectivity index (χ3v) is 17.7. The lowest BCUT2D eigenvalue weighted by Gasteiger charge is -2.53. The number of hydrogen-bond acceptors (Lipinski definition) is 9. The van der Waals surface area contributed by atoms with E-state index in [4.69, 9.17) is 16.3 Å². The van der Waals surface area contributed by atoms with Crippen LogP contribution in [0.25, 0.3) is 0 Å². The first-order valence-corrected chi connectivity index (χ1v) is 24.3. The van der Waals surface area contributed by atoms with Gasteiger partial charge in [0.05, 0.1) is 23.8 Å². The van der Waals surface area contributed by atoms with Crippen molar-refractivity contribution in [3.63, 3.8) is 0 Å². The zero-order chi connectivity index (χ0) is 39.6. The van der Waals surface area contributed by atoms with Crippen molar-refractivity contribution in [1.29, 1.82) is 0 Å². The number of halogens is 1. The van der Waals surface area contributed by atoms with Crippen LogP contribution in [0.4, 0.5) is 5.69 Å². The van der Waals surface area contributed by atoms with Gasteiger partial charge in [-0.05, 0) is 105 Å². The van der Waals surface area contributed by atoms with Crippen molar-refractivity contribution in [3.8, 4) is 5.75 Å². The number of allylic oxidation sites excluding steroid dienone is 1. The minimum absolute atomic E-state index is 0.150. The van der Waals surface area contributed by atoms with Crippen LogP contribution in [0.15, 0.2) is 48.6 Å². The van der Waals surface area contributed by atoms with Crippen LogP contribution in [0.1, 0.15) is 74.4 Å². The monoisotopic (exact) mass is 827 g/mol. The van der Waals surface area contributed by atoms with E-state index in [-0.39, 0.29) is 22.8 Å². The molecule has 1 N–H and O–H groups in total. The molecule has 0 unspecified atom stereocenters. The number of rotatable bonds is 3. The Morgan fingerprint density at radius 1 is 1.02 bits per heavy atom. The molecule has 0 radical (unpaired) electrons. The Labute approximate surface area is 338 Å². The zero-order valence-corrected chi connectivity index (χ0v) is 35.6. The van der Waals surface area contributed by atoms with E-state index in [0.717, 1.165) is 82.1 Å². The number of carbonyl (C=O) groups is 1. The Kier molecular flexibility index (Phi) is 10.9. The summed E-state index contributed by atoms with van der Waals surface area (Å²) in [7, 11) is -7.23. The lowest BCUT2D eigenvalue weighted by molar-refractivity contribution is -0.00725. The molecule has 14 heteroatoms. The van der Waals surface area contributed by atoms with Crippen molar-refractivity contribution in [2.24, 2.45) is 23.2 Å². The quantitative estimate of drug-likeness (QED) is 0.420. The van der Waals surface area contributed by atoms with E-state index in [1.807, 2.05) is 25.1 Å². The molecule has 56 heavy (non-hydrogen) atoms. The predicted octanol–water partition coefficient (Wildman–Crippen LogP) is 5.15. The fraction of sp³-hybridized carbons (Fsp3) is 0.643. The Bertz CT molecular complexity index is 2100. The number of amides is 1. The van der Waals surface area contributed by atoms with Crippen LogP contribution in [-0.4, -0.2) is 120 Å². The van der Waals surface area contributed by atoms with Gasteiger partial charge in [0.25, 0.3) is 5.91 Å². The SMILES string of the molecule is C[C@@H]1[C@@H](C)C/C=C/[C@@](C)(CN2CCN3CCN(S(C)(=O)=O)C[C@H]3C2)[C@@H]2CC[C@H]2CN2C[C@@]3(CCCc4cc(Cl)ccc43)COc3ccc(cc32)C(=O)NS1(=O)=O. The van der Waals surface area contributed by atoms with E-state index in [1.54, 1.807) is 17.3 Å². The molecule has 2 aromatic carbocycles. The second kappa shape index (κ2) is 15.2. The number of ether oxygens (including phenoxy) is 1. The lowest BCUT2D eigenvalue weighted by atomic mass is 9.59. The number of carbonyl (C=O) groups excluding carboxylic acids is 1. The van der Waals surface area contributed by atoms with Gasteiger partial charge in [0.1, 0.15) is 5.75 Å². The molecule has 11 nitrogen and oxygen atoms in total. The molecule has 4 heterocycles. The van der Waals surface area contributed by atoms with Crippen LogP contribution in [0.5, 0.6) is 5.75 Å². The first-order valence-electron chi connectivity index (χ1n) is 20.5. The normalized spacial score (nSPS) is 34.8. The number of nitrogens with one attached hydrogen (secondary N) is 1. The highest BCUT2D eigenvalue weighted by Gasteiger charge is 2.48. The van der Waals surface area contributed by atoms with Crippen LogP contribution in [0.3, 0.4) is 0 Å². The summed E-state index contributed by atoms with van der Waals surface area (Å²) in [5, 5.41) is -0.0514. The average Bonchev–Trinajstić information content (AvgIpc) is 3.28. The van der Waals surface area contributed by atoms with Crippen molar-refractivity contribution in [3.05, 3.63) is 70.3 Å². The number of aryl methyl sites for hydroxylation is 1. The molecule has 1 spiro atoms. The van der Waals surface area contributed by atoms with Crippen LogP contribution in [0, 0.1) is 23.2 Å². The summed E-state index contributed by atoms with van der Waals surface area (Å²) in [5.41, 5.74) is 3.17. The number of benzene rings is 2. The maximum Gasteiger partial charge on any atom is 0.264 e. The first kappa shape index (κ1) is 40.1. The maximum absolute atomic E-state index is 13.7. The third-order valence-electron chi connectivity index (χ3n) is 14.3. The summed E-state index contributed by atoms with van der Waals surface area (Å²) in [4.78, 5) is 21.1. The van der Waals surface area contributed by atoms with Gasteiger partial charge in [0.15, 0.2) is 0 Å². The molecule has 7 atom stereocenters. The highest BCUT2D eigenvalue weighted by Crippen LogP contribution is 2.51. The van der Waals surface area contributed by atoms with Gasteiger partial charge in [-0.25, -0.2) is 21.6 Å². The molecule has 1 amide bonds. The number of hydrogen-bond donors (Lipinski definition) is 1. The predicted molar refractivity (Wildman–Crippen MR) is 222 cm³/mol. The first-order chi connectivity index (χ1) is 26.5. The minimum atomic E-state index is -3.97. The Morgan fingerprint density at radius 3 is 2.59 bits per heavy atom. The fourth-order valence-electron chi connectivity index (χ4n) is 10.7. The molecule has 8 rings (SSSR count). The summed E-state index contributed by atoms with van der Waals surface area (Å²) in [6, 6.07) is 11.8. The molecular weight excluding hydrogens is 770 g/mol. The second-order valence-corrected chi connectivity index (χ2v) is 22.5. The smallest absolute Gasteiger partial charge is 0.264 e. The van der Waals surface area contributed by atoms with Crippen molar-refractivity contribution < 1.29 is 26.4 Å². The highest BCUT2D eigenvalue weighted by atomic mass is 35.5. The number of sulfonamides is 2. The molecule has 4 aliphatic heterocycles. The number of piperazine rings is 2. The minimum Gasteiger partial charge on any atom is -0.490 e. The van der Waals surface area contributed by atoms with E-state index < -0.39 is 31.2 Å². The van der Waals surface area contributed by atoms with Gasteiger partial charge in [-0.3, -0.25) is 14.6 Å². The standard InChI is InChI=1S/C42H58ClN5O6S2/c1-29-7-5-15-41(3,26-45-17-18-46-19-20-48(55(4,50)51)25-35(46)24-45)36-12-9-33(36)23-47-27-42(16-6-8-31-21-34(43)11-13-37(31)42)28-54-39-14-10-32(22-38(39)47)40(49)44-56(52,53)30(29)2/h5,10-11,13-15,21-22,29-30,33,35-36H,6-9,12,16-20,23-28H2,1-4H3,(H,44,49)/b15-5+/t29-,30+,33-,35+,36+,41-,42-/m0/s1. The van der Waals surface area contributed by atoms with Gasteiger partial charge < -0.3 is 9.64 Å². The number of anilines is 1. The second-order valence-electron chi connectivity index (χ2n) is 18.1. The molecule has 2 saturated heterocycles. The van der Waals surface area contributed by atoms with Crippen LogP contribution in [0.2, 0.25) is 5.02 Å². The Morgan fingerprint density at radius 2 is 1.82 bits per heavy atom. The molecule has 2 bridgehead atoms. The summed E-state index contributed by atoms with van der Waals surface area (Å²) in [6.07, 6.45) is 11.6. The van der Waals surface area contributed by atoms with Gasteiger partial charge in [-0.1, -0.05) is 43.7 Å². The third kappa shape index (κ3) is 7.77. The molecule has 2 aliphatic carbocycles. The van der Waals surface area contributed by atoms with Gasteiger partial charge in [0.2, 0.25) is 20.0 Å². The van der Waals surface area contributed by atoms with E-state index in [0.29, 0.717) is 55.8 Å². The largest absolute Gasteiger partial charge is 0.490 e. The molecule has 3 fully saturated rings. The number of nitrogens with zero attached hydrogens (tertiary/aromatic N) is 4. The van der Waals surface area contributed by atoms with Crippen molar-refractivity contribution >= 4 is 43.2 Å². The summed E-state index contributed by atoms with van der Waals surface area (Å²) in [5.74, 6) is 0.599.